The Hall–Kier alpha value is -1.40. The summed E-state index contributed by atoms with van der Waals surface area (Å²) in [7, 11) is 0. The van der Waals surface area contributed by atoms with E-state index in [0.29, 0.717) is 17.1 Å². The zero-order valence-electron chi connectivity index (χ0n) is 12.5. The van der Waals surface area contributed by atoms with Crippen LogP contribution in [0.3, 0.4) is 0 Å². The van der Waals surface area contributed by atoms with Gasteiger partial charge < -0.3 is 9.47 Å². The molecule has 2 rings (SSSR count). The first-order valence-corrected chi connectivity index (χ1v) is 8.25. The average molecular weight is 326 g/mol. The number of ketones is 1. The summed E-state index contributed by atoms with van der Waals surface area (Å²) in [5.74, 6) is -1.05. The van der Waals surface area contributed by atoms with E-state index in [0.717, 1.165) is 31.0 Å². The van der Waals surface area contributed by atoms with E-state index >= 15 is 0 Å². The zero-order chi connectivity index (χ0) is 15.9. The molecule has 1 saturated heterocycles. The van der Waals surface area contributed by atoms with Gasteiger partial charge in [-0.25, -0.2) is 4.39 Å². The number of rotatable bonds is 6. The standard InChI is InChI=1S/C16H19FO4S/c1-11(18)12-5-6-15(14(17)8-12)22-10-16(19)21-9-13-4-2-3-7-20-13/h5-6,8,13H,2-4,7,9-10H2,1H3. The van der Waals surface area contributed by atoms with Crippen LogP contribution in [0.25, 0.3) is 0 Å². The summed E-state index contributed by atoms with van der Waals surface area (Å²) in [6, 6.07) is 4.25. The predicted octanol–water partition coefficient (Wildman–Crippen LogP) is 3.23. The number of benzene rings is 1. The minimum absolute atomic E-state index is 0.0192. The lowest BCUT2D eigenvalue weighted by Gasteiger charge is -2.22. The summed E-state index contributed by atoms with van der Waals surface area (Å²) in [6.45, 7) is 2.35. The number of ether oxygens (including phenoxy) is 2. The molecule has 0 bridgehead atoms. The second-order valence-electron chi connectivity index (χ2n) is 5.16. The minimum atomic E-state index is -0.499. The molecule has 22 heavy (non-hydrogen) atoms. The van der Waals surface area contributed by atoms with Crippen LogP contribution in [-0.2, 0) is 14.3 Å². The molecule has 0 aliphatic carbocycles. The van der Waals surface area contributed by atoms with Crippen LogP contribution in [0.2, 0.25) is 0 Å². The van der Waals surface area contributed by atoms with Crippen molar-refractivity contribution in [2.75, 3.05) is 19.0 Å². The Kier molecular flexibility index (Phi) is 6.39. The van der Waals surface area contributed by atoms with E-state index in [1.54, 1.807) is 6.07 Å². The van der Waals surface area contributed by atoms with Crippen molar-refractivity contribution >= 4 is 23.5 Å². The SMILES string of the molecule is CC(=O)c1ccc(SCC(=O)OCC2CCCCO2)c(F)c1. The highest BCUT2D eigenvalue weighted by Gasteiger charge is 2.16. The molecule has 1 unspecified atom stereocenters. The van der Waals surface area contributed by atoms with Gasteiger partial charge in [0.1, 0.15) is 12.4 Å². The van der Waals surface area contributed by atoms with Gasteiger partial charge in [-0.15, -0.1) is 11.8 Å². The van der Waals surface area contributed by atoms with E-state index in [9.17, 15) is 14.0 Å². The van der Waals surface area contributed by atoms with Gasteiger partial charge in [0.2, 0.25) is 0 Å². The first-order valence-electron chi connectivity index (χ1n) is 7.27. The van der Waals surface area contributed by atoms with Gasteiger partial charge in [-0.1, -0.05) is 6.07 Å². The van der Waals surface area contributed by atoms with Gasteiger partial charge in [-0.05, 0) is 38.3 Å². The molecule has 4 nitrogen and oxygen atoms in total. The normalized spacial score (nSPS) is 18.0. The number of hydrogen-bond acceptors (Lipinski definition) is 5. The van der Waals surface area contributed by atoms with Crippen molar-refractivity contribution in [3.63, 3.8) is 0 Å². The monoisotopic (exact) mass is 326 g/mol. The highest BCUT2D eigenvalue weighted by molar-refractivity contribution is 8.00. The summed E-state index contributed by atoms with van der Waals surface area (Å²) < 4.78 is 24.4. The van der Waals surface area contributed by atoms with Crippen molar-refractivity contribution in [3.8, 4) is 0 Å². The molecule has 1 aromatic rings. The molecule has 120 valence electrons. The molecule has 0 saturated carbocycles. The van der Waals surface area contributed by atoms with Gasteiger partial charge in [0.15, 0.2) is 5.78 Å². The lowest BCUT2D eigenvalue weighted by atomic mass is 10.1. The Labute approximate surface area is 133 Å². The molecule has 6 heteroatoms. The highest BCUT2D eigenvalue weighted by atomic mass is 32.2. The number of halogens is 1. The zero-order valence-corrected chi connectivity index (χ0v) is 13.3. The van der Waals surface area contributed by atoms with Gasteiger partial charge in [-0.3, -0.25) is 9.59 Å². The van der Waals surface area contributed by atoms with E-state index in [1.807, 2.05) is 0 Å². The quantitative estimate of drug-likeness (QED) is 0.456. The van der Waals surface area contributed by atoms with Gasteiger partial charge in [0.05, 0.1) is 11.9 Å². The third-order valence-electron chi connectivity index (χ3n) is 3.39. The lowest BCUT2D eigenvalue weighted by molar-refractivity contribution is -0.145. The first kappa shape index (κ1) is 17.0. The Morgan fingerprint density at radius 1 is 1.41 bits per heavy atom. The maximum absolute atomic E-state index is 13.8. The molecule has 1 fully saturated rings. The van der Waals surface area contributed by atoms with Crippen LogP contribution in [0.15, 0.2) is 23.1 Å². The molecule has 0 radical (unpaired) electrons. The number of thioether (sulfide) groups is 1. The van der Waals surface area contributed by atoms with Crippen molar-refractivity contribution in [2.24, 2.45) is 0 Å². The van der Waals surface area contributed by atoms with Crippen LogP contribution in [-0.4, -0.2) is 36.8 Å². The topological polar surface area (TPSA) is 52.6 Å². The maximum atomic E-state index is 13.8. The Bertz CT molecular complexity index is 541. The second kappa shape index (κ2) is 8.29. The second-order valence-corrected chi connectivity index (χ2v) is 6.18. The molecule has 0 N–H and O–H groups in total. The molecule has 1 aliphatic heterocycles. The maximum Gasteiger partial charge on any atom is 0.316 e. The summed E-state index contributed by atoms with van der Waals surface area (Å²) in [4.78, 5) is 23.2. The molecule has 0 aromatic heterocycles. The van der Waals surface area contributed by atoms with Crippen molar-refractivity contribution in [1.82, 2.24) is 0 Å². The molecule has 0 spiro atoms. The third-order valence-corrected chi connectivity index (χ3v) is 4.41. The smallest absolute Gasteiger partial charge is 0.316 e. The Morgan fingerprint density at radius 2 is 2.23 bits per heavy atom. The highest BCUT2D eigenvalue weighted by Crippen LogP contribution is 2.23. The fourth-order valence-corrected chi connectivity index (χ4v) is 2.86. The van der Waals surface area contributed by atoms with Crippen molar-refractivity contribution in [2.45, 2.75) is 37.2 Å². The fraction of sp³-hybridized carbons (Fsp3) is 0.500. The molecular formula is C16H19FO4S. The average Bonchev–Trinajstić information content (AvgIpc) is 2.52. The van der Waals surface area contributed by atoms with Gasteiger partial charge in [0, 0.05) is 17.1 Å². The van der Waals surface area contributed by atoms with Gasteiger partial charge >= 0.3 is 5.97 Å². The molecule has 1 heterocycles. The van der Waals surface area contributed by atoms with Crippen LogP contribution in [0.5, 0.6) is 0 Å². The van der Waals surface area contributed by atoms with E-state index in [2.05, 4.69) is 0 Å². The third kappa shape index (κ3) is 5.10. The van der Waals surface area contributed by atoms with E-state index in [4.69, 9.17) is 9.47 Å². The van der Waals surface area contributed by atoms with Crippen LogP contribution in [0.1, 0.15) is 36.5 Å². The van der Waals surface area contributed by atoms with E-state index < -0.39 is 11.8 Å². The molecular weight excluding hydrogens is 307 g/mol. The van der Waals surface area contributed by atoms with Crippen LogP contribution < -0.4 is 0 Å². The van der Waals surface area contributed by atoms with Crippen LogP contribution in [0, 0.1) is 5.82 Å². The number of carbonyl (C=O) groups excluding carboxylic acids is 2. The molecule has 1 aromatic carbocycles. The number of hydrogen-bond donors (Lipinski definition) is 0. The fourth-order valence-electron chi connectivity index (χ4n) is 2.14. The number of Topliss-reactive ketones (excluding diaryl/α,β-unsaturated/α-hetero) is 1. The summed E-state index contributed by atoms with van der Waals surface area (Å²) in [6.07, 6.45) is 3.02. The number of carbonyl (C=O) groups is 2. The van der Waals surface area contributed by atoms with Gasteiger partial charge in [0.25, 0.3) is 0 Å². The van der Waals surface area contributed by atoms with Crippen molar-refractivity contribution < 1.29 is 23.5 Å². The lowest BCUT2D eigenvalue weighted by Crippen LogP contribution is -2.26. The van der Waals surface area contributed by atoms with Crippen molar-refractivity contribution in [3.05, 3.63) is 29.6 Å². The van der Waals surface area contributed by atoms with Gasteiger partial charge in [-0.2, -0.15) is 0 Å². The van der Waals surface area contributed by atoms with E-state index in [1.165, 1.54) is 19.1 Å². The molecule has 0 amide bonds. The first-order chi connectivity index (χ1) is 10.6. The number of esters is 1. The summed E-state index contributed by atoms with van der Waals surface area (Å²) in [5.41, 5.74) is 0.318. The summed E-state index contributed by atoms with van der Waals surface area (Å²) in [5, 5.41) is 0. The van der Waals surface area contributed by atoms with Crippen LogP contribution >= 0.6 is 11.8 Å². The minimum Gasteiger partial charge on any atom is -0.462 e. The Balaban J connectivity index is 1.77. The predicted molar refractivity (Wildman–Crippen MR) is 81.7 cm³/mol. The Morgan fingerprint density at radius 3 is 2.86 bits per heavy atom. The molecule has 1 atom stereocenters. The van der Waals surface area contributed by atoms with Crippen molar-refractivity contribution in [1.29, 1.82) is 0 Å². The summed E-state index contributed by atoms with van der Waals surface area (Å²) >= 11 is 1.06. The largest absolute Gasteiger partial charge is 0.462 e. The molecule has 1 aliphatic rings. The van der Waals surface area contributed by atoms with Crippen LogP contribution in [0.4, 0.5) is 4.39 Å². The van der Waals surface area contributed by atoms with E-state index in [-0.39, 0.29) is 24.2 Å².